The van der Waals surface area contributed by atoms with Crippen molar-refractivity contribution in [2.24, 2.45) is 0 Å². The van der Waals surface area contributed by atoms with Gasteiger partial charge in [0.1, 0.15) is 12.1 Å². The Balaban J connectivity index is 1.69. The van der Waals surface area contributed by atoms with Gasteiger partial charge < -0.3 is 15.0 Å². The van der Waals surface area contributed by atoms with Crippen LogP contribution < -0.4 is 10.2 Å². The number of carbonyl (C=O) groups excluding carboxylic acids is 4. The molecule has 0 saturated carbocycles. The molecule has 1 aliphatic rings. The molecule has 0 unspecified atom stereocenters. The molecule has 1 heterocycles. The highest BCUT2D eigenvalue weighted by Crippen LogP contribution is 2.29. The van der Waals surface area contributed by atoms with E-state index in [1.165, 1.54) is 13.1 Å². The summed E-state index contributed by atoms with van der Waals surface area (Å²) >= 11 is 0. The van der Waals surface area contributed by atoms with Crippen LogP contribution in [-0.2, 0) is 9.53 Å². The van der Waals surface area contributed by atoms with E-state index in [1.807, 2.05) is 0 Å². The van der Waals surface area contributed by atoms with Crippen LogP contribution in [0.5, 0.6) is 0 Å². The second-order valence-electron chi connectivity index (χ2n) is 7.93. The molecule has 0 bridgehead atoms. The molecule has 156 valence electrons. The summed E-state index contributed by atoms with van der Waals surface area (Å²) in [5.74, 6) is -1.27. The first-order valence-corrected chi connectivity index (χ1v) is 9.38. The molecule has 0 fully saturated rings. The smallest absolute Gasteiger partial charge is 0.410 e. The summed E-state index contributed by atoms with van der Waals surface area (Å²) in [7, 11) is 1.46. The average Bonchev–Trinajstić information content (AvgIpc) is 2.91. The van der Waals surface area contributed by atoms with E-state index in [2.05, 4.69) is 5.32 Å². The molecular formula is C22H23N3O5. The van der Waals surface area contributed by atoms with Crippen LogP contribution in [0.2, 0.25) is 0 Å². The van der Waals surface area contributed by atoms with Gasteiger partial charge in [0.25, 0.3) is 11.8 Å². The number of anilines is 2. The molecule has 8 heteroatoms. The Hall–Kier alpha value is -3.68. The Bertz CT molecular complexity index is 990. The lowest BCUT2D eigenvalue weighted by molar-refractivity contribution is -0.117. The molecule has 4 amide bonds. The van der Waals surface area contributed by atoms with Crippen LogP contribution in [0.15, 0.2) is 48.5 Å². The largest absolute Gasteiger partial charge is 0.444 e. The van der Waals surface area contributed by atoms with Crippen LogP contribution in [0, 0.1) is 0 Å². The van der Waals surface area contributed by atoms with Gasteiger partial charge in [-0.3, -0.25) is 14.4 Å². The van der Waals surface area contributed by atoms with Crippen molar-refractivity contribution in [2.75, 3.05) is 23.8 Å². The first kappa shape index (κ1) is 21.0. The van der Waals surface area contributed by atoms with Gasteiger partial charge in [-0.25, -0.2) is 9.69 Å². The van der Waals surface area contributed by atoms with E-state index < -0.39 is 29.4 Å². The Morgan fingerprint density at radius 2 is 1.60 bits per heavy atom. The zero-order valence-corrected chi connectivity index (χ0v) is 17.3. The lowest BCUT2D eigenvalue weighted by Gasteiger charge is -2.24. The summed E-state index contributed by atoms with van der Waals surface area (Å²) in [6, 6.07) is 13.0. The highest BCUT2D eigenvalue weighted by molar-refractivity contribution is 6.34. The zero-order chi connectivity index (χ0) is 22.1. The van der Waals surface area contributed by atoms with Crippen LogP contribution in [0.4, 0.5) is 16.2 Å². The lowest BCUT2D eigenvalue weighted by Crippen LogP contribution is -2.38. The number of likely N-dealkylation sites (N-methyl/N-ethyl adjacent to an activating group) is 1. The number of nitrogens with one attached hydrogen (secondary N) is 1. The highest BCUT2D eigenvalue weighted by atomic mass is 16.6. The number of nitrogens with zero attached hydrogens (tertiary/aromatic N) is 2. The third-order valence-corrected chi connectivity index (χ3v) is 4.27. The normalized spacial score (nSPS) is 13.1. The molecule has 0 spiro atoms. The minimum Gasteiger partial charge on any atom is -0.444 e. The van der Waals surface area contributed by atoms with Gasteiger partial charge in [0.15, 0.2) is 0 Å². The summed E-state index contributed by atoms with van der Waals surface area (Å²) in [5, 5.41) is 2.67. The SMILES string of the molecule is CN(CC(=O)Nc1cccc(N2C(=O)c3ccccc3C2=O)c1)C(=O)OC(C)(C)C. The molecule has 1 aliphatic heterocycles. The predicted molar refractivity (Wildman–Crippen MR) is 112 cm³/mol. The van der Waals surface area contributed by atoms with E-state index in [0.717, 1.165) is 9.80 Å². The summed E-state index contributed by atoms with van der Waals surface area (Å²) < 4.78 is 5.22. The van der Waals surface area contributed by atoms with E-state index in [-0.39, 0.29) is 6.54 Å². The number of hydrogen-bond acceptors (Lipinski definition) is 5. The molecule has 0 radical (unpaired) electrons. The van der Waals surface area contributed by atoms with Gasteiger partial charge >= 0.3 is 6.09 Å². The quantitative estimate of drug-likeness (QED) is 0.782. The summed E-state index contributed by atoms with van der Waals surface area (Å²) in [5.41, 5.74) is 0.765. The lowest BCUT2D eigenvalue weighted by atomic mass is 10.1. The Morgan fingerprint density at radius 3 is 2.17 bits per heavy atom. The van der Waals surface area contributed by atoms with Crippen molar-refractivity contribution in [3.05, 3.63) is 59.7 Å². The monoisotopic (exact) mass is 409 g/mol. The maximum atomic E-state index is 12.6. The number of rotatable bonds is 4. The molecule has 0 atom stereocenters. The maximum absolute atomic E-state index is 12.6. The fourth-order valence-corrected chi connectivity index (χ4v) is 2.97. The van der Waals surface area contributed by atoms with Crippen LogP contribution in [0.1, 0.15) is 41.5 Å². The van der Waals surface area contributed by atoms with Crippen molar-refractivity contribution in [1.82, 2.24) is 4.90 Å². The first-order valence-electron chi connectivity index (χ1n) is 9.38. The third kappa shape index (κ3) is 4.48. The number of benzene rings is 2. The Labute approximate surface area is 174 Å². The molecule has 3 rings (SSSR count). The van der Waals surface area contributed by atoms with Crippen molar-refractivity contribution >= 4 is 35.2 Å². The minimum atomic E-state index is -0.664. The molecule has 8 nitrogen and oxygen atoms in total. The fraction of sp³-hybridized carbons (Fsp3) is 0.273. The standard InChI is InChI=1S/C22H23N3O5/c1-22(2,3)30-21(29)24(4)13-18(26)23-14-8-7-9-15(12-14)25-19(27)16-10-5-6-11-17(16)20(25)28/h5-12H,13H2,1-4H3,(H,23,26). The van der Waals surface area contributed by atoms with Gasteiger partial charge in [-0.15, -0.1) is 0 Å². The van der Waals surface area contributed by atoms with Crippen molar-refractivity contribution in [3.8, 4) is 0 Å². The van der Waals surface area contributed by atoms with Crippen molar-refractivity contribution in [3.63, 3.8) is 0 Å². The summed E-state index contributed by atoms with van der Waals surface area (Å²) in [6.07, 6.45) is -0.613. The van der Waals surface area contributed by atoms with E-state index in [9.17, 15) is 19.2 Å². The number of ether oxygens (including phenoxy) is 1. The molecule has 2 aromatic carbocycles. The van der Waals surface area contributed by atoms with E-state index in [4.69, 9.17) is 4.74 Å². The van der Waals surface area contributed by atoms with Crippen LogP contribution in [0.25, 0.3) is 0 Å². The number of hydrogen-bond donors (Lipinski definition) is 1. The molecule has 0 saturated heterocycles. The summed E-state index contributed by atoms with van der Waals surface area (Å²) in [4.78, 5) is 51.8. The van der Waals surface area contributed by atoms with Gasteiger partial charge in [-0.1, -0.05) is 18.2 Å². The first-order chi connectivity index (χ1) is 14.1. The van der Waals surface area contributed by atoms with Gasteiger partial charge in [0.2, 0.25) is 5.91 Å². The van der Waals surface area contributed by atoms with Crippen molar-refractivity contribution in [2.45, 2.75) is 26.4 Å². The molecule has 30 heavy (non-hydrogen) atoms. The predicted octanol–water partition coefficient (Wildman–Crippen LogP) is 3.29. The third-order valence-electron chi connectivity index (χ3n) is 4.27. The summed E-state index contributed by atoms with van der Waals surface area (Å²) in [6.45, 7) is 5.00. The molecule has 2 aromatic rings. The van der Waals surface area contributed by atoms with Gasteiger partial charge in [0, 0.05) is 12.7 Å². The molecule has 0 aromatic heterocycles. The van der Waals surface area contributed by atoms with Crippen LogP contribution in [-0.4, -0.2) is 47.9 Å². The molecule has 1 N–H and O–H groups in total. The van der Waals surface area contributed by atoms with Gasteiger partial charge in [-0.05, 0) is 51.1 Å². The Morgan fingerprint density at radius 1 is 1.00 bits per heavy atom. The van der Waals surface area contributed by atoms with Gasteiger partial charge in [-0.2, -0.15) is 0 Å². The minimum absolute atomic E-state index is 0.216. The Kier molecular flexibility index (Phi) is 5.60. The topological polar surface area (TPSA) is 96.0 Å². The number of amides is 4. The van der Waals surface area contributed by atoms with Crippen molar-refractivity contribution < 1.29 is 23.9 Å². The number of carbonyl (C=O) groups is 4. The van der Waals surface area contributed by atoms with Crippen LogP contribution >= 0.6 is 0 Å². The second kappa shape index (κ2) is 7.98. The average molecular weight is 409 g/mol. The number of fused-ring (bicyclic) bond motifs is 1. The van der Waals surface area contributed by atoms with E-state index >= 15 is 0 Å². The van der Waals surface area contributed by atoms with E-state index in [0.29, 0.717) is 22.5 Å². The second-order valence-corrected chi connectivity index (χ2v) is 7.93. The highest BCUT2D eigenvalue weighted by Gasteiger charge is 2.36. The molecule has 0 aliphatic carbocycles. The fourth-order valence-electron chi connectivity index (χ4n) is 2.97. The molecular weight excluding hydrogens is 386 g/mol. The zero-order valence-electron chi connectivity index (χ0n) is 17.3. The maximum Gasteiger partial charge on any atom is 0.410 e. The number of imide groups is 1. The van der Waals surface area contributed by atoms with E-state index in [1.54, 1.807) is 63.2 Å². The van der Waals surface area contributed by atoms with Crippen molar-refractivity contribution in [1.29, 1.82) is 0 Å². The van der Waals surface area contributed by atoms with Crippen LogP contribution in [0.3, 0.4) is 0 Å². The van der Waals surface area contributed by atoms with Gasteiger partial charge in [0.05, 0.1) is 16.8 Å².